The molecule has 4 heteroatoms. The van der Waals surface area contributed by atoms with Crippen molar-refractivity contribution < 1.29 is 8.78 Å². The van der Waals surface area contributed by atoms with Crippen LogP contribution in [0.1, 0.15) is 26.3 Å². The molecule has 0 aliphatic rings. The van der Waals surface area contributed by atoms with E-state index in [2.05, 4.69) is 0 Å². The average molecular weight is 262 g/mol. The maximum Gasteiger partial charge on any atom is 0.149 e. The highest BCUT2D eigenvalue weighted by molar-refractivity contribution is 6.17. The van der Waals surface area contributed by atoms with Crippen molar-refractivity contribution in [3.05, 3.63) is 29.3 Å². The minimum atomic E-state index is -0.539. The largest absolute Gasteiger partial charge is 0.367 e. The summed E-state index contributed by atoms with van der Waals surface area (Å²) < 4.78 is 27.7. The van der Waals surface area contributed by atoms with E-state index >= 15 is 0 Å². The third-order valence-corrected chi connectivity index (χ3v) is 2.82. The quantitative estimate of drug-likeness (QED) is 0.719. The lowest BCUT2D eigenvalue weighted by Crippen LogP contribution is -2.29. The Labute approximate surface area is 106 Å². The fourth-order valence-electron chi connectivity index (χ4n) is 1.82. The third-order valence-electron chi connectivity index (χ3n) is 2.51. The molecule has 1 aromatic carbocycles. The zero-order valence-electron chi connectivity index (χ0n) is 10.4. The summed E-state index contributed by atoms with van der Waals surface area (Å²) in [6, 6.07) is 2.60. The first-order valence-corrected chi connectivity index (χ1v) is 6.31. The molecular formula is C13H18ClF2N. The van der Waals surface area contributed by atoms with Crippen LogP contribution >= 0.6 is 11.6 Å². The summed E-state index contributed by atoms with van der Waals surface area (Å²) in [6.45, 7) is 7.13. The maximum absolute atomic E-state index is 13.8. The smallest absolute Gasteiger partial charge is 0.149 e. The highest BCUT2D eigenvalue weighted by Gasteiger charge is 2.17. The van der Waals surface area contributed by atoms with Gasteiger partial charge >= 0.3 is 0 Å². The van der Waals surface area contributed by atoms with Crippen molar-refractivity contribution in [2.45, 2.75) is 26.7 Å². The fraction of sp³-hybridized carbons (Fsp3) is 0.538. The van der Waals surface area contributed by atoms with Crippen LogP contribution in [0.15, 0.2) is 12.1 Å². The van der Waals surface area contributed by atoms with E-state index in [0.717, 1.165) is 0 Å². The molecule has 1 rings (SSSR count). The predicted molar refractivity (Wildman–Crippen MR) is 68.6 cm³/mol. The summed E-state index contributed by atoms with van der Waals surface area (Å²) in [5.41, 5.74) is 0.515. The van der Waals surface area contributed by atoms with Gasteiger partial charge in [0, 0.05) is 19.0 Å². The molecule has 0 aliphatic carbocycles. The zero-order chi connectivity index (χ0) is 13.0. The van der Waals surface area contributed by atoms with E-state index in [1.165, 1.54) is 12.1 Å². The topological polar surface area (TPSA) is 3.24 Å². The Kier molecular flexibility index (Phi) is 5.19. The van der Waals surface area contributed by atoms with Crippen molar-refractivity contribution in [3.8, 4) is 0 Å². The third kappa shape index (κ3) is 3.56. The number of nitrogens with zero attached hydrogens (tertiary/aromatic N) is 1. The number of rotatable bonds is 5. The summed E-state index contributed by atoms with van der Waals surface area (Å²) in [7, 11) is 0. The average Bonchev–Trinajstić information content (AvgIpc) is 2.25. The van der Waals surface area contributed by atoms with Gasteiger partial charge in [-0.2, -0.15) is 0 Å². The molecule has 1 nitrogen and oxygen atoms in total. The van der Waals surface area contributed by atoms with Crippen LogP contribution in [0.2, 0.25) is 0 Å². The minimum absolute atomic E-state index is 0.0510. The van der Waals surface area contributed by atoms with E-state index in [0.29, 0.717) is 24.6 Å². The number of anilines is 1. The summed E-state index contributed by atoms with van der Waals surface area (Å²) in [5.74, 6) is -0.613. The van der Waals surface area contributed by atoms with Crippen LogP contribution in [0.4, 0.5) is 14.5 Å². The Balaban J connectivity index is 3.10. The van der Waals surface area contributed by atoms with Crippen molar-refractivity contribution in [1.82, 2.24) is 0 Å². The molecule has 17 heavy (non-hydrogen) atoms. The van der Waals surface area contributed by atoms with Crippen LogP contribution in [0, 0.1) is 17.6 Å². The molecule has 0 saturated carbocycles. The Hall–Kier alpha value is -0.830. The molecule has 0 fully saturated rings. The van der Waals surface area contributed by atoms with Gasteiger partial charge in [0.05, 0.1) is 0 Å². The number of benzene rings is 1. The van der Waals surface area contributed by atoms with E-state index < -0.39 is 11.6 Å². The molecule has 0 spiro atoms. The monoisotopic (exact) mass is 261 g/mol. The normalized spacial score (nSPS) is 11.0. The molecule has 0 N–H and O–H groups in total. The van der Waals surface area contributed by atoms with E-state index in [1.807, 2.05) is 20.8 Å². The van der Waals surface area contributed by atoms with Crippen LogP contribution in [0.5, 0.6) is 0 Å². The molecular weight excluding hydrogens is 244 g/mol. The highest BCUT2D eigenvalue weighted by Crippen LogP contribution is 2.26. The molecule has 96 valence electrons. The first-order valence-electron chi connectivity index (χ1n) is 5.78. The van der Waals surface area contributed by atoms with E-state index in [1.54, 1.807) is 4.90 Å². The molecule has 0 unspecified atom stereocenters. The number of hydrogen-bond acceptors (Lipinski definition) is 1. The molecule has 0 aromatic heterocycles. The van der Waals surface area contributed by atoms with Crippen LogP contribution < -0.4 is 4.90 Å². The Morgan fingerprint density at radius 2 is 1.76 bits per heavy atom. The van der Waals surface area contributed by atoms with Gasteiger partial charge in [0.15, 0.2) is 0 Å². The maximum atomic E-state index is 13.8. The van der Waals surface area contributed by atoms with Crippen molar-refractivity contribution in [3.63, 3.8) is 0 Å². The highest BCUT2D eigenvalue weighted by atomic mass is 35.5. The Morgan fingerprint density at radius 3 is 2.12 bits per heavy atom. The van der Waals surface area contributed by atoms with Crippen LogP contribution in [-0.4, -0.2) is 13.1 Å². The van der Waals surface area contributed by atoms with Gasteiger partial charge in [-0.05, 0) is 30.5 Å². The zero-order valence-corrected chi connectivity index (χ0v) is 11.2. The molecule has 0 bridgehead atoms. The lowest BCUT2D eigenvalue weighted by molar-refractivity contribution is 0.550. The molecule has 0 amide bonds. The van der Waals surface area contributed by atoms with Crippen molar-refractivity contribution in [2.75, 3.05) is 18.0 Å². The summed E-state index contributed by atoms with van der Waals surface area (Å²) >= 11 is 5.57. The van der Waals surface area contributed by atoms with Gasteiger partial charge in [0.1, 0.15) is 17.3 Å². The molecule has 0 heterocycles. The second-order valence-corrected chi connectivity index (χ2v) is 4.74. The molecule has 0 aliphatic heterocycles. The van der Waals surface area contributed by atoms with Crippen molar-refractivity contribution >= 4 is 17.3 Å². The van der Waals surface area contributed by atoms with Crippen LogP contribution in [0.25, 0.3) is 0 Å². The van der Waals surface area contributed by atoms with Crippen LogP contribution in [0.3, 0.4) is 0 Å². The first-order chi connectivity index (χ1) is 7.99. The lowest BCUT2D eigenvalue weighted by atomic mass is 10.1. The van der Waals surface area contributed by atoms with Gasteiger partial charge in [-0.15, -0.1) is 11.6 Å². The fourth-order valence-corrected chi connectivity index (χ4v) is 1.97. The second-order valence-electron chi connectivity index (χ2n) is 4.47. The SMILES string of the molecule is CCN(CC(C)C)c1c(F)cc(CCl)cc1F. The minimum Gasteiger partial charge on any atom is -0.367 e. The van der Waals surface area contributed by atoms with Gasteiger partial charge in [0.2, 0.25) is 0 Å². The van der Waals surface area contributed by atoms with Gasteiger partial charge in [-0.1, -0.05) is 13.8 Å². The van der Waals surface area contributed by atoms with Gasteiger partial charge in [0.25, 0.3) is 0 Å². The number of alkyl halides is 1. The van der Waals surface area contributed by atoms with Gasteiger partial charge in [-0.3, -0.25) is 0 Å². The Bertz CT molecular complexity index is 357. The number of halogens is 3. The predicted octanol–water partition coefficient (Wildman–Crippen LogP) is 4.19. The second kappa shape index (κ2) is 6.20. The molecule has 0 saturated heterocycles. The van der Waals surface area contributed by atoms with E-state index in [-0.39, 0.29) is 11.6 Å². The Morgan fingerprint density at radius 1 is 1.24 bits per heavy atom. The number of hydrogen-bond donors (Lipinski definition) is 0. The lowest BCUT2D eigenvalue weighted by Gasteiger charge is -2.26. The van der Waals surface area contributed by atoms with E-state index in [4.69, 9.17) is 11.6 Å². The van der Waals surface area contributed by atoms with Crippen molar-refractivity contribution in [2.24, 2.45) is 5.92 Å². The van der Waals surface area contributed by atoms with Crippen LogP contribution in [-0.2, 0) is 5.88 Å². The van der Waals surface area contributed by atoms with Crippen molar-refractivity contribution in [1.29, 1.82) is 0 Å². The molecule has 0 radical (unpaired) electrons. The van der Waals surface area contributed by atoms with E-state index in [9.17, 15) is 8.78 Å². The summed E-state index contributed by atoms with van der Waals surface area (Å²) in [4.78, 5) is 1.72. The standard InChI is InChI=1S/C13H18ClF2N/c1-4-17(8-9(2)3)13-11(15)5-10(7-14)6-12(13)16/h5-6,9H,4,7-8H2,1-3H3. The summed E-state index contributed by atoms with van der Waals surface area (Å²) in [6.07, 6.45) is 0. The first kappa shape index (κ1) is 14.2. The molecule has 0 atom stereocenters. The van der Waals surface area contributed by atoms with Gasteiger partial charge < -0.3 is 4.90 Å². The molecule has 1 aromatic rings. The summed E-state index contributed by atoms with van der Waals surface area (Å²) in [5, 5.41) is 0. The van der Waals surface area contributed by atoms with Gasteiger partial charge in [-0.25, -0.2) is 8.78 Å².